The van der Waals surface area contributed by atoms with E-state index >= 15 is 0 Å². The molecular weight excluding hydrogens is 1270 g/mol. The molecule has 96 heavy (non-hydrogen) atoms. The molecule has 0 saturated heterocycles. The minimum absolute atomic E-state index is 0.0914. The van der Waals surface area contributed by atoms with E-state index in [2.05, 4.69) is 62.1 Å². The number of rotatable bonds is 66. The first-order chi connectivity index (χ1) is 45.9. The number of phosphoric acid groups is 2. The molecule has 23 nitrogen and oxygen atoms in total. The summed E-state index contributed by atoms with van der Waals surface area (Å²) in [6.45, 7) is 24.3. The topological polar surface area (TPSA) is 278 Å². The van der Waals surface area contributed by atoms with E-state index in [9.17, 15) is 33.1 Å². The summed E-state index contributed by atoms with van der Waals surface area (Å²) in [5.41, 5.74) is -1.66. The lowest BCUT2D eigenvalue weighted by atomic mass is 10.1. The van der Waals surface area contributed by atoms with Crippen LogP contribution in [-0.4, -0.2) is 145 Å². The van der Waals surface area contributed by atoms with Gasteiger partial charge in [0, 0.05) is 38.8 Å². The van der Waals surface area contributed by atoms with Crippen molar-refractivity contribution in [2.75, 3.05) is 79.2 Å². The fourth-order valence-electron chi connectivity index (χ4n) is 9.80. The molecule has 0 aliphatic carbocycles. The summed E-state index contributed by atoms with van der Waals surface area (Å²) in [5.74, 6) is -0.422. The lowest BCUT2D eigenvalue weighted by Crippen LogP contribution is -2.44. The van der Waals surface area contributed by atoms with Gasteiger partial charge in [-0.15, -0.1) is 13.2 Å². The number of nitrogens with one attached hydrogen (secondary N) is 4. The van der Waals surface area contributed by atoms with Gasteiger partial charge in [-0.3, -0.25) is 36.7 Å². The SMILES string of the molecule is C=CCOP(=O)(OCCNC(=O)NCCOP(=O)(OCC=C)OC[C@@H](COCC[C@@H](CCCCCCC)OC(=O)CCCCCCCCCCC)NC(=O)OC(C)(C)C)OC[C@@H](COCC[C@@H](CCCCCCC)OC(=O)CCCCCCCCCCC)NC(=O)OC(C)(C)C. The number of carbonyl (C=O) groups excluding carboxylic acids is 5. The molecule has 0 spiro atoms. The van der Waals surface area contributed by atoms with E-state index in [1.165, 1.54) is 89.2 Å². The molecule has 0 rings (SSSR count). The van der Waals surface area contributed by atoms with E-state index in [0.717, 1.165) is 103 Å². The zero-order valence-corrected chi connectivity index (χ0v) is 63.3. The Hall–Kier alpha value is -3.63. The number of alkyl carbamates (subject to hydrolysis) is 2. The molecule has 0 bridgehead atoms. The first-order valence-corrected chi connectivity index (χ1v) is 39.7. The number of ether oxygens (including phenoxy) is 6. The standard InChI is InChI=1S/C71H136N4O19P2/c1-13-19-23-27-29-31-33-37-41-45-65(76)91-63(43-39-35-25-21-15-3)47-53-83-57-61(74-68(79)93-70(7,8)9)59-89-95(81,85-51-17-5)87-55-49-72-67(78)73-50-56-88-96(82,86-52-18-6)90-60-62(75-69(80)94-71(10,11)12)58-84-54-48-64(44-40-36-26-22-16-4)92-66(77)46-42-38-34-32-30-28-24-20-14-2/h17-18,61-64H,5-6,13-16,19-60H2,1-4,7-12H3,(H,74,79)(H,75,80)(H2,72,73,78)/t61-,62-,63-,64-,95?,96?/m1/s1. The second kappa shape index (κ2) is 60.2. The molecule has 0 aromatic carbocycles. The van der Waals surface area contributed by atoms with Crippen LogP contribution in [0.25, 0.3) is 0 Å². The monoisotopic (exact) mass is 1410 g/mol. The van der Waals surface area contributed by atoms with Crippen LogP contribution in [0.2, 0.25) is 0 Å². The average molecular weight is 1410 g/mol. The fourth-order valence-corrected chi connectivity index (χ4v) is 12.2. The molecule has 25 heteroatoms. The van der Waals surface area contributed by atoms with Crippen LogP contribution in [0.4, 0.5) is 14.4 Å². The zero-order chi connectivity index (χ0) is 71.5. The maximum absolute atomic E-state index is 13.9. The van der Waals surface area contributed by atoms with Crippen molar-refractivity contribution in [1.29, 1.82) is 0 Å². The van der Waals surface area contributed by atoms with Gasteiger partial charge >= 0.3 is 45.8 Å². The van der Waals surface area contributed by atoms with Gasteiger partial charge in [-0.1, -0.05) is 194 Å². The summed E-state index contributed by atoms with van der Waals surface area (Å²) in [5, 5.41) is 10.6. The maximum Gasteiger partial charge on any atom is 0.475 e. The van der Waals surface area contributed by atoms with Gasteiger partial charge in [-0.05, 0) is 80.1 Å². The minimum atomic E-state index is -4.36. The predicted octanol–water partition coefficient (Wildman–Crippen LogP) is 18.0. The van der Waals surface area contributed by atoms with Gasteiger partial charge in [0.05, 0.1) is 78.2 Å². The van der Waals surface area contributed by atoms with Gasteiger partial charge in [0.25, 0.3) is 0 Å². The highest BCUT2D eigenvalue weighted by molar-refractivity contribution is 7.48. The van der Waals surface area contributed by atoms with Crippen LogP contribution in [0.1, 0.15) is 288 Å². The Morgan fingerprint density at radius 3 is 1.02 bits per heavy atom. The first kappa shape index (κ1) is 92.4. The second-order valence-corrected chi connectivity index (χ2v) is 30.0. The Balaban J connectivity index is 5.65. The van der Waals surface area contributed by atoms with Crippen molar-refractivity contribution >= 4 is 45.8 Å². The zero-order valence-electron chi connectivity index (χ0n) is 61.6. The van der Waals surface area contributed by atoms with Gasteiger partial charge < -0.3 is 49.7 Å². The van der Waals surface area contributed by atoms with Crippen LogP contribution < -0.4 is 21.3 Å². The number of esters is 2. The van der Waals surface area contributed by atoms with Gasteiger partial charge in [-0.2, -0.15) is 0 Å². The van der Waals surface area contributed by atoms with Crippen LogP contribution in [-0.2, 0) is 74.3 Å². The number of urea groups is 1. The second-order valence-electron chi connectivity index (χ2n) is 26.7. The van der Waals surface area contributed by atoms with Crippen LogP contribution in [0, 0.1) is 0 Å². The summed E-state index contributed by atoms with van der Waals surface area (Å²) in [6, 6.07) is -2.48. The Bertz CT molecular complexity index is 1940. The van der Waals surface area contributed by atoms with Crippen LogP contribution in [0.3, 0.4) is 0 Å². The third kappa shape index (κ3) is 59.3. The Morgan fingerprint density at radius 1 is 0.396 bits per heavy atom. The molecule has 0 fully saturated rings. The van der Waals surface area contributed by atoms with Crippen LogP contribution >= 0.6 is 15.6 Å². The number of hydrogen-bond acceptors (Lipinski definition) is 19. The lowest BCUT2D eigenvalue weighted by molar-refractivity contribution is -0.151. The van der Waals surface area contributed by atoms with Gasteiger partial charge in [0.1, 0.15) is 23.4 Å². The molecule has 6 atom stereocenters. The van der Waals surface area contributed by atoms with E-state index in [0.29, 0.717) is 38.5 Å². The van der Waals surface area contributed by atoms with Crippen molar-refractivity contribution in [3.05, 3.63) is 25.3 Å². The van der Waals surface area contributed by atoms with Crippen molar-refractivity contribution in [1.82, 2.24) is 21.3 Å². The number of phosphoric ester groups is 2. The Morgan fingerprint density at radius 2 is 0.708 bits per heavy atom. The molecule has 4 amide bonds. The molecule has 0 aromatic heterocycles. The normalized spacial score (nSPS) is 14.3. The molecule has 2 unspecified atom stereocenters. The van der Waals surface area contributed by atoms with E-state index in [4.69, 9.17) is 55.6 Å². The summed E-state index contributed by atoms with van der Waals surface area (Å²) >= 11 is 0. The lowest BCUT2D eigenvalue weighted by Gasteiger charge is -2.25. The molecule has 0 aliphatic rings. The summed E-state index contributed by atoms with van der Waals surface area (Å²) in [7, 11) is -8.71. The maximum atomic E-state index is 13.9. The molecule has 0 radical (unpaired) electrons. The van der Waals surface area contributed by atoms with Crippen molar-refractivity contribution < 1.29 is 88.7 Å². The number of hydrogen-bond donors (Lipinski definition) is 4. The highest BCUT2D eigenvalue weighted by Gasteiger charge is 2.32. The smallest absolute Gasteiger partial charge is 0.462 e. The largest absolute Gasteiger partial charge is 0.475 e. The highest BCUT2D eigenvalue weighted by Crippen LogP contribution is 2.50. The van der Waals surface area contributed by atoms with E-state index in [1.54, 1.807) is 41.5 Å². The fraction of sp³-hybridized carbons (Fsp3) is 0.873. The minimum Gasteiger partial charge on any atom is -0.462 e. The predicted molar refractivity (Wildman–Crippen MR) is 380 cm³/mol. The quantitative estimate of drug-likeness (QED) is 0.0145. The van der Waals surface area contributed by atoms with E-state index in [-0.39, 0.29) is 90.1 Å². The third-order valence-corrected chi connectivity index (χ3v) is 17.8. The van der Waals surface area contributed by atoms with Crippen molar-refractivity contribution in [2.45, 2.75) is 323 Å². The molecule has 0 aliphatic heterocycles. The summed E-state index contributed by atoms with van der Waals surface area (Å²) < 4.78 is 96.4. The number of amides is 4. The average Bonchev–Trinajstić information content (AvgIpc) is 1.07. The summed E-state index contributed by atoms with van der Waals surface area (Å²) in [4.78, 5) is 64.9. The highest BCUT2D eigenvalue weighted by atomic mass is 31.2. The van der Waals surface area contributed by atoms with Crippen molar-refractivity contribution in [2.24, 2.45) is 0 Å². The molecule has 4 N–H and O–H groups in total. The third-order valence-electron chi connectivity index (χ3n) is 14.9. The van der Waals surface area contributed by atoms with E-state index in [1.807, 2.05) is 0 Å². The van der Waals surface area contributed by atoms with Gasteiger partial charge in [-0.25, -0.2) is 23.5 Å². The van der Waals surface area contributed by atoms with Crippen molar-refractivity contribution in [3.8, 4) is 0 Å². The Kier molecular flexibility index (Phi) is 57.9. The number of carbonyl (C=O) groups is 5. The molecule has 0 aromatic rings. The van der Waals surface area contributed by atoms with E-state index < -0.39 is 70.4 Å². The van der Waals surface area contributed by atoms with Gasteiger partial charge in [0.15, 0.2) is 0 Å². The van der Waals surface area contributed by atoms with Crippen molar-refractivity contribution in [3.63, 3.8) is 0 Å². The first-order valence-electron chi connectivity index (χ1n) is 36.8. The summed E-state index contributed by atoms with van der Waals surface area (Å²) in [6.07, 6.45) is 34.9. The molecule has 564 valence electrons. The van der Waals surface area contributed by atoms with Crippen LogP contribution in [0.5, 0.6) is 0 Å². The molecule has 0 heterocycles. The number of unbranched alkanes of at least 4 members (excludes halogenated alkanes) is 24. The Labute approximate surface area is 580 Å². The molecular formula is C71H136N4O19P2. The molecule has 0 saturated carbocycles. The van der Waals surface area contributed by atoms with Gasteiger partial charge in [0.2, 0.25) is 0 Å². The van der Waals surface area contributed by atoms with Crippen LogP contribution in [0.15, 0.2) is 25.3 Å².